The van der Waals surface area contributed by atoms with Crippen molar-refractivity contribution in [3.63, 3.8) is 0 Å². The van der Waals surface area contributed by atoms with Gasteiger partial charge in [0.25, 0.3) is 0 Å². The molecule has 0 saturated heterocycles. The summed E-state index contributed by atoms with van der Waals surface area (Å²) >= 11 is -0.740. The predicted molar refractivity (Wildman–Crippen MR) is 85.5 cm³/mol. The first kappa shape index (κ1) is 20.7. The molecule has 118 valence electrons. The summed E-state index contributed by atoms with van der Waals surface area (Å²) in [6.07, 6.45) is 14.7. The normalized spacial score (nSPS) is 16.9. The maximum atomic E-state index is 2.41. The van der Waals surface area contributed by atoms with E-state index in [0.29, 0.717) is 0 Å². The van der Waals surface area contributed by atoms with Crippen LogP contribution in [0.4, 0.5) is 9.41 Å². The van der Waals surface area contributed by atoms with Gasteiger partial charge in [0.15, 0.2) is 0 Å². The molecule has 0 saturated carbocycles. The molecular formula is C18H28F2Hf. The molecule has 0 nitrogen and oxygen atoms in total. The third kappa shape index (κ3) is 6.14. The second-order valence-electron chi connectivity index (χ2n) is 6.54. The zero-order chi connectivity index (χ0) is 13.8. The Kier molecular flexibility index (Phi) is 9.51. The molecule has 0 aromatic rings. The summed E-state index contributed by atoms with van der Waals surface area (Å²) in [4.78, 5) is 0. The van der Waals surface area contributed by atoms with Crippen LogP contribution in [-0.4, -0.2) is 0 Å². The van der Waals surface area contributed by atoms with Gasteiger partial charge in [0.05, 0.1) is 0 Å². The molecule has 0 heterocycles. The van der Waals surface area contributed by atoms with Crippen LogP contribution in [0.15, 0.2) is 42.1 Å². The zero-order valence-corrected chi connectivity index (χ0v) is 17.2. The van der Waals surface area contributed by atoms with E-state index in [-0.39, 0.29) is 9.41 Å². The number of halogens is 2. The molecule has 0 aliphatic heterocycles. The first-order valence-electron chi connectivity index (χ1n) is 7.60. The van der Waals surface area contributed by atoms with Crippen molar-refractivity contribution in [1.29, 1.82) is 0 Å². The van der Waals surface area contributed by atoms with Crippen molar-refractivity contribution in [1.82, 2.24) is 0 Å². The molecule has 0 spiro atoms. The Morgan fingerprint density at radius 2 is 1.19 bits per heavy atom. The molecule has 0 aromatic heterocycles. The smallest absolute Gasteiger partial charge is 0.269 e. The third-order valence-corrected chi connectivity index (χ3v) is 9.56. The summed E-state index contributed by atoms with van der Waals surface area (Å²) in [5.41, 5.74) is 3.39. The van der Waals surface area contributed by atoms with Gasteiger partial charge >= 0.3 is 130 Å². The molecule has 0 N–H and O–H groups in total. The molecule has 0 unspecified atom stereocenters. The molecule has 0 amide bonds. The second-order valence-corrected chi connectivity index (χ2v) is 11.8. The van der Waals surface area contributed by atoms with Crippen molar-refractivity contribution in [2.24, 2.45) is 11.8 Å². The average Bonchev–Trinajstić information content (AvgIpc) is 2.89. The van der Waals surface area contributed by atoms with Gasteiger partial charge in [-0.05, 0) is 0 Å². The van der Waals surface area contributed by atoms with Crippen molar-refractivity contribution in [2.45, 2.75) is 53.4 Å². The summed E-state index contributed by atoms with van der Waals surface area (Å²) in [7, 11) is 0. The Morgan fingerprint density at radius 1 is 0.810 bits per heavy atom. The van der Waals surface area contributed by atoms with Crippen LogP contribution < -0.4 is 0 Å². The van der Waals surface area contributed by atoms with Crippen molar-refractivity contribution < 1.29 is 32.3 Å². The fraction of sp³-hybridized carbons (Fsp3) is 0.556. The third-order valence-electron chi connectivity index (χ3n) is 3.62. The number of rotatable bonds is 6. The average molecular weight is 461 g/mol. The molecule has 2 aliphatic rings. The Hall–Kier alpha value is -0.310. The molecule has 0 fully saturated rings. The fourth-order valence-electron chi connectivity index (χ4n) is 2.81. The summed E-state index contributed by atoms with van der Waals surface area (Å²) in [5, 5.41) is 0. The maximum Gasteiger partial charge on any atom is -0.269 e. The second kappa shape index (κ2) is 9.66. The van der Waals surface area contributed by atoms with Crippen LogP contribution in [0.3, 0.4) is 0 Å². The molecule has 0 atom stereocenters. The van der Waals surface area contributed by atoms with Crippen LogP contribution in [-0.2, 0) is 22.9 Å². The predicted octanol–water partition coefficient (Wildman–Crippen LogP) is 5.89. The quantitative estimate of drug-likeness (QED) is 0.433. The van der Waals surface area contributed by atoms with Crippen molar-refractivity contribution in [2.75, 3.05) is 0 Å². The van der Waals surface area contributed by atoms with E-state index in [2.05, 4.69) is 52.0 Å². The first-order valence-corrected chi connectivity index (χ1v) is 11.2. The monoisotopic (exact) mass is 462 g/mol. The van der Waals surface area contributed by atoms with Crippen LogP contribution in [0.1, 0.15) is 53.4 Å². The Labute approximate surface area is 139 Å². The van der Waals surface area contributed by atoms with E-state index in [1.807, 2.05) is 6.66 Å². The van der Waals surface area contributed by atoms with Crippen LogP contribution in [0, 0.1) is 11.8 Å². The fourth-order valence-corrected chi connectivity index (χ4v) is 8.18. The van der Waals surface area contributed by atoms with E-state index in [0.717, 1.165) is 11.8 Å². The van der Waals surface area contributed by atoms with Gasteiger partial charge in [-0.3, -0.25) is 9.41 Å². The van der Waals surface area contributed by atoms with Gasteiger partial charge < -0.3 is 0 Å². The van der Waals surface area contributed by atoms with Gasteiger partial charge in [0.2, 0.25) is 0 Å². The summed E-state index contributed by atoms with van der Waals surface area (Å²) in [5.74, 6) is 1.59. The summed E-state index contributed by atoms with van der Waals surface area (Å²) in [6, 6.07) is 0. The van der Waals surface area contributed by atoms with Gasteiger partial charge in [-0.2, -0.15) is 0 Å². The van der Waals surface area contributed by atoms with E-state index >= 15 is 0 Å². The zero-order valence-electron chi connectivity index (χ0n) is 13.6. The topological polar surface area (TPSA) is 0 Å². The molecule has 2 aliphatic carbocycles. The van der Waals surface area contributed by atoms with E-state index in [9.17, 15) is 0 Å². The molecular weight excluding hydrogens is 433 g/mol. The van der Waals surface area contributed by atoms with Crippen molar-refractivity contribution >= 4 is 0 Å². The van der Waals surface area contributed by atoms with E-state index in [4.69, 9.17) is 0 Å². The molecule has 0 radical (unpaired) electrons. The molecule has 0 bridgehead atoms. The molecule has 21 heavy (non-hydrogen) atoms. The molecule has 2 rings (SSSR count). The minimum atomic E-state index is -0.740. The minimum Gasteiger partial charge on any atom is -0.269 e. The summed E-state index contributed by atoms with van der Waals surface area (Å²) < 4.78 is 3.74. The van der Waals surface area contributed by atoms with Crippen molar-refractivity contribution in [3.05, 3.63) is 42.1 Å². The number of hydrogen-bond donors (Lipinski definition) is 0. The van der Waals surface area contributed by atoms with Crippen molar-refractivity contribution in [3.8, 4) is 0 Å². The van der Waals surface area contributed by atoms with Gasteiger partial charge in [0.1, 0.15) is 0 Å². The maximum absolute atomic E-state index is 2.41. The number of allylic oxidation sites excluding steroid dienone is 8. The Balaban J connectivity index is 0.00000200. The van der Waals surface area contributed by atoms with Crippen LogP contribution in [0.5, 0.6) is 0 Å². The largest absolute Gasteiger partial charge is 0.269 e. The van der Waals surface area contributed by atoms with Crippen LogP contribution in [0.25, 0.3) is 0 Å². The van der Waals surface area contributed by atoms with Gasteiger partial charge in [-0.15, -0.1) is 0 Å². The van der Waals surface area contributed by atoms with E-state index in [1.165, 1.54) is 25.7 Å². The van der Waals surface area contributed by atoms with Crippen LogP contribution >= 0.6 is 0 Å². The van der Waals surface area contributed by atoms with Gasteiger partial charge in [0, 0.05) is 0 Å². The molecule has 0 aromatic carbocycles. The summed E-state index contributed by atoms with van der Waals surface area (Å²) in [6.45, 7) is 9.35. The van der Waals surface area contributed by atoms with Gasteiger partial charge in [-0.1, -0.05) is 0 Å². The Bertz CT molecular complexity index is 412. The number of hydrogen-bond acceptors (Lipinski definition) is 0. The standard InChI is InChI=1S/2C9H13.2FH.Hf/c2*1-8(2)7-9-5-3-4-6-9;;;/h2*3,5,8H,4,7H2,1-2H3;2*1H;. The van der Waals surface area contributed by atoms with E-state index in [1.54, 1.807) is 11.1 Å². The molecule has 3 heteroatoms. The van der Waals surface area contributed by atoms with Gasteiger partial charge in [-0.25, -0.2) is 0 Å². The first-order chi connectivity index (χ1) is 9.06. The SMILES string of the molecule is CC(C)CC1=[C]([Hf][C]2=C(CC(C)C)C=CC2)CC=C1.F.F. The Morgan fingerprint density at radius 3 is 1.52 bits per heavy atom. The van der Waals surface area contributed by atoms with Crippen LogP contribution in [0.2, 0.25) is 0 Å². The minimum absolute atomic E-state index is 0. The van der Waals surface area contributed by atoms with E-state index < -0.39 is 22.9 Å².